The molecular weight excluding hydrogens is 418 g/mol. The molecule has 0 spiro atoms. The minimum atomic E-state index is -4.00. The second-order valence-electron chi connectivity index (χ2n) is 6.14. The molecule has 2 rings (SSSR count). The van der Waals surface area contributed by atoms with E-state index in [0.717, 1.165) is 19.9 Å². The van der Waals surface area contributed by atoms with Crippen LogP contribution in [0.5, 0.6) is 0 Å². The summed E-state index contributed by atoms with van der Waals surface area (Å²) in [6.07, 6.45) is 0.165. The number of aliphatic carboxylic acids is 1. The fourth-order valence-corrected chi connectivity index (χ4v) is 5.11. The molecule has 5 nitrogen and oxygen atoms in total. The molecule has 0 aromatic heterocycles. The Morgan fingerprint density at radius 3 is 2.31 bits per heavy atom. The number of hydrogen-bond acceptors (Lipinski definition) is 3. The van der Waals surface area contributed by atoms with Crippen molar-refractivity contribution in [3.8, 4) is 0 Å². The van der Waals surface area contributed by atoms with Gasteiger partial charge < -0.3 is 5.11 Å². The van der Waals surface area contributed by atoms with Crippen LogP contribution in [0.2, 0.25) is 0 Å². The lowest BCUT2D eigenvalue weighted by Gasteiger charge is -2.33. The third-order valence-corrected chi connectivity index (χ3v) is 6.78. The molecule has 2 aromatic rings. The van der Waals surface area contributed by atoms with Gasteiger partial charge in [0, 0.05) is 10.5 Å². The second kappa shape index (κ2) is 8.33. The van der Waals surface area contributed by atoms with Crippen molar-refractivity contribution in [2.45, 2.75) is 44.2 Å². The predicted molar refractivity (Wildman–Crippen MR) is 104 cm³/mol. The number of carboxylic acid groups (broad SMARTS) is 1. The lowest BCUT2D eigenvalue weighted by Crippen LogP contribution is -2.46. The van der Waals surface area contributed by atoms with Crippen LogP contribution in [-0.2, 0) is 14.8 Å². The first kappa shape index (κ1) is 20.6. The number of rotatable bonds is 7. The summed E-state index contributed by atoms with van der Waals surface area (Å²) >= 11 is 3.38. The van der Waals surface area contributed by atoms with Crippen LogP contribution >= 0.6 is 15.9 Å². The molecule has 2 aromatic carbocycles. The first-order chi connectivity index (χ1) is 12.2. The third-order valence-electron chi connectivity index (χ3n) is 4.29. The summed E-state index contributed by atoms with van der Waals surface area (Å²) in [6, 6.07) is 11.9. The van der Waals surface area contributed by atoms with E-state index in [4.69, 9.17) is 0 Å². The maximum absolute atomic E-state index is 13.3. The van der Waals surface area contributed by atoms with Crippen LogP contribution < -0.4 is 0 Å². The highest BCUT2D eigenvalue weighted by molar-refractivity contribution is 9.10. The molecule has 1 N–H and O–H groups in total. The van der Waals surface area contributed by atoms with Crippen molar-refractivity contribution in [3.63, 3.8) is 0 Å². The molecule has 0 fully saturated rings. The molecule has 0 aliphatic rings. The zero-order valence-electron chi connectivity index (χ0n) is 14.9. The Balaban J connectivity index is 2.60. The van der Waals surface area contributed by atoms with Gasteiger partial charge in [-0.25, -0.2) is 8.42 Å². The van der Waals surface area contributed by atoms with E-state index in [1.165, 1.54) is 12.1 Å². The van der Waals surface area contributed by atoms with Gasteiger partial charge in [0.15, 0.2) is 0 Å². The number of halogens is 1. The van der Waals surface area contributed by atoms with Gasteiger partial charge in [-0.05, 0) is 50.1 Å². The van der Waals surface area contributed by atoms with E-state index in [1.54, 1.807) is 44.2 Å². The molecule has 7 heteroatoms. The minimum absolute atomic E-state index is 0.0876. The van der Waals surface area contributed by atoms with Crippen molar-refractivity contribution in [3.05, 3.63) is 64.1 Å². The smallest absolute Gasteiger partial charge is 0.322 e. The van der Waals surface area contributed by atoms with Crippen molar-refractivity contribution in [2.75, 3.05) is 0 Å². The van der Waals surface area contributed by atoms with E-state index in [0.29, 0.717) is 0 Å². The summed E-state index contributed by atoms with van der Waals surface area (Å²) in [5, 5.41) is 9.63. The van der Waals surface area contributed by atoms with E-state index < -0.39 is 28.1 Å². The van der Waals surface area contributed by atoms with Gasteiger partial charge in [-0.15, -0.1) is 0 Å². The highest BCUT2D eigenvalue weighted by atomic mass is 79.9. The van der Waals surface area contributed by atoms with Gasteiger partial charge in [-0.3, -0.25) is 4.79 Å². The molecule has 0 amide bonds. The van der Waals surface area contributed by atoms with Gasteiger partial charge in [0.05, 0.1) is 4.90 Å². The summed E-state index contributed by atoms with van der Waals surface area (Å²) < 4.78 is 28.5. The number of benzene rings is 2. The first-order valence-corrected chi connectivity index (χ1v) is 10.5. The summed E-state index contributed by atoms with van der Waals surface area (Å²) in [6.45, 7) is 5.24. The quantitative estimate of drug-likeness (QED) is 0.694. The third kappa shape index (κ3) is 4.34. The Morgan fingerprint density at radius 2 is 1.81 bits per heavy atom. The Hall–Kier alpha value is -1.70. The van der Waals surface area contributed by atoms with Crippen LogP contribution in [0.4, 0.5) is 0 Å². The van der Waals surface area contributed by atoms with E-state index in [9.17, 15) is 18.3 Å². The molecule has 0 heterocycles. The summed E-state index contributed by atoms with van der Waals surface area (Å²) in [5.41, 5.74) is 1.65. The SMILES string of the molecule is CCC(C(=O)O)N(C(C)c1cccc(Br)c1)S(=O)(=O)c1ccc(C)cc1. The van der Waals surface area contributed by atoms with Crippen LogP contribution in [0.3, 0.4) is 0 Å². The molecule has 0 aliphatic heterocycles. The highest BCUT2D eigenvalue weighted by Gasteiger charge is 2.39. The molecule has 2 atom stereocenters. The fraction of sp³-hybridized carbons (Fsp3) is 0.316. The number of hydrogen-bond donors (Lipinski definition) is 1. The van der Waals surface area contributed by atoms with E-state index >= 15 is 0 Å². The van der Waals surface area contributed by atoms with E-state index in [2.05, 4.69) is 15.9 Å². The Kier molecular flexibility index (Phi) is 6.60. The van der Waals surface area contributed by atoms with Crippen molar-refractivity contribution in [1.29, 1.82) is 0 Å². The number of sulfonamides is 1. The number of nitrogens with zero attached hydrogens (tertiary/aromatic N) is 1. The normalized spacial score (nSPS) is 14.2. The van der Waals surface area contributed by atoms with E-state index in [-0.39, 0.29) is 11.3 Å². The molecule has 0 saturated heterocycles. The zero-order valence-corrected chi connectivity index (χ0v) is 17.3. The largest absolute Gasteiger partial charge is 0.480 e. The first-order valence-electron chi connectivity index (χ1n) is 8.27. The number of aryl methyl sites for hydroxylation is 1. The van der Waals surface area contributed by atoms with E-state index in [1.807, 2.05) is 13.0 Å². The molecule has 0 saturated carbocycles. The van der Waals surface area contributed by atoms with Gasteiger partial charge in [-0.1, -0.05) is 52.7 Å². The molecular formula is C19H22BrNO4S. The van der Waals surface area contributed by atoms with Gasteiger partial charge >= 0.3 is 5.97 Å². The minimum Gasteiger partial charge on any atom is -0.480 e. The van der Waals surface area contributed by atoms with Crippen LogP contribution in [0, 0.1) is 6.92 Å². The van der Waals surface area contributed by atoms with Crippen molar-refractivity contribution < 1.29 is 18.3 Å². The molecule has 0 aliphatic carbocycles. The summed E-state index contributed by atoms with van der Waals surface area (Å²) in [5.74, 6) is -1.16. The lowest BCUT2D eigenvalue weighted by molar-refractivity contribution is -0.142. The Labute approximate surface area is 162 Å². The van der Waals surface area contributed by atoms with Crippen LogP contribution in [0.15, 0.2) is 57.9 Å². The van der Waals surface area contributed by atoms with Gasteiger partial charge in [0.2, 0.25) is 10.0 Å². The van der Waals surface area contributed by atoms with Crippen molar-refractivity contribution in [1.82, 2.24) is 4.31 Å². The van der Waals surface area contributed by atoms with Crippen molar-refractivity contribution >= 4 is 31.9 Å². The van der Waals surface area contributed by atoms with Crippen LogP contribution in [0.1, 0.15) is 37.4 Å². The monoisotopic (exact) mass is 439 g/mol. The average Bonchev–Trinajstić information content (AvgIpc) is 2.58. The predicted octanol–water partition coefficient (Wildman–Crippen LogP) is 4.37. The molecule has 2 unspecified atom stereocenters. The lowest BCUT2D eigenvalue weighted by atomic mass is 10.1. The molecule has 26 heavy (non-hydrogen) atoms. The topological polar surface area (TPSA) is 74.7 Å². The molecule has 140 valence electrons. The number of carbonyl (C=O) groups is 1. The van der Waals surface area contributed by atoms with Gasteiger partial charge in [0.25, 0.3) is 0 Å². The zero-order chi connectivity index (χ0) is 19.5. The summed E-state index contributed by atoms with van der Waals surface area (Å²) in [4.78, 5) is 11.9. The number of carboxylic acids is 1. The Bertz CT molecular complexity index is 881. The highest BCUT2D eigenvalue weighted by Crippen LogP contribution is 2.32. The molecule has 0 radical (unpaired) electrons. The fourth-order valence-electron chi connectivity index (χ4n) is 2.85. The Morgan fingerprint density at radius 1 is 1.19 bits per heavy atom. The average molecular weight is 440 g/mol. The van der Waals surface area contributed by atoms with Gasteiger partial charge in [-0.2, -0.15) is 4.31 Å². The maximum atomic E-state index is 13.3. The van der Waals surface area contributed by atoms with Crippen molar-refractivity contribution in [2.24, 2.45) is 0 Å². The summed E-state index contributed by atoms with van der Waals surface area (Å²) in [7, 11) is -4.00. The van der Waals surface area contributed by atoms with Gasteiger partial charge in [0.1, 0.15) is 6.04 Å². The van der Waals surface area contributed by atoms with Crippen LogP contribution in [-0.4, -0.2) is 29.8 Å². The maximum Gasteiger partial charge on any atom is 0.322 e. The molecule has 0 bridgehead atoms. The second-order valence-corrected chi connectivity index (χ2v) is 8.90. The van der Waals surface area contributed by atoms with Crippen LogP contribution in [0.25, 0.3) is 0 Å². The standard InChI is InChI=1S/C19H22BrNO4S/c1-4-18(19(22)23)21(14(3)15-6-5-7-16(20)12-15)26(24,25)17-10-8-13(2)9-11-17/h5-12,14,18H,4H2,1-3H3,(H,22,23).